The molecule has 0 N–H and O–H groups in total. The van der Waals surface area contributed by atoms with Gasteiger partial charge < -0.3 is 9.64 Å². The minimum Gasteiger partial charge on any atom is -0.497 e. The summed E-state index contributed by atoms with van der Waals surface area (Å²) in [4.78, 5) is 20.4. The van der Waals surface area contributed by atoms with Gasteiger partial charge in [0.15, 0.2) is 0 Å². The van der Waals surface area contributed by atoms with Crippen LogP contribution < -0.4 is 4.74 Å². The number of piperidine rings is 1. The summed E-state index contributed by atoms with van der Waals surface area (Å²) >= 11 is 1.64. The lowest BCUT2D eigenvalue weighted by Gasteiger charge is -2.36. The zero-order valence-electron chi connectivity index (χ0n) is 14.3. The molecule has 3 rings (SSSR count). The molecule has 0 unspecified atom stereocenters. The first-order valence-corrected chi connectivity index (χ1v) is 9.39. The van der Waals surface area contributed by atoms with Crippen LogP contribution in [-0.2, 0) is 11.2 Å². The van der Waals surface area contributed by atoms with Gasteiger partial charge in [-0.3, -0.25) is 4.79 Å². The molecule has 0 bridgehead atoms. The Hall–Kier alpha value is -1.88. The van der Waals surface area contributed by atoms with Gasteiger partial charge in [-0.05, 0) is 50.3 Å². The van der Waals surface area contributed by atoms with E-state index in [9.17, 15) is 4.79 Å². The zero-order valence-corrected chi connectivity index (χ0v) is 15.1. The van der Waals surface area contributed by atoms with Crippen molar-refractivity contribution in [1.82, 2.24) is 9.88 Å². The molecule has 2 heterocycles. The first kappa shape index (κ1) is 17.0. The van der Waals surface area contributed by atoms with Crippen molar-refractivity contribution in [3.8, 4) is 5.75 Å². The van der Waals surface area contributed by atoms with Gasteiger partial charge in [-0.25, -0.2) is 4.98 Å². The summed E-state index contributed by atoms with van der Waals surface area (Å²) in [5.41, 5.74) is 4.12. The van der Waals surface area contributed by atoms with Crippen molar-refractivity contribution >= 4 is 17.2 Å². The van der Waals surface area contributed by atoms with E-state index in [1.165, 1.54) is 16.9 Å². The Balaban J connectivity index is 1.68. The molecule has 1 fully saturated rings. The van der Waals surface area contributed by atoms with Gasteiger partial charge in [-0.15, -0.1) is 11.3 Å². The highest BCUT2D eigenvalue weighted by molar-refractivity contribution is 7.09. The molecule has 1 atom stereocenters. The molecule has 1 aliphatic heterocycles. The number of carbonyl (C=O) groups excluding carboxylic acids is 1. The summed E-state index contributed by atoms with van der Waals surface area (Å²) in [6.45, 7) is 2.87. The molecule has 24 heavy (non-hydrogen) atoms. The van der Waals surface area contributed by atoms with Gasteiger partial charge in [0.25, 0.3) is 0 Å². The van der Waals surface area contributed by atoms with E-state index >= 15 is 0 Å². The maximum Gasteiger partial charge on any atom is 0.223 e. The van der Waals surface area contributed by atoms with Crippen LogP contribution in [0, 0.1) is 6.92 Å². The number of aryl methyl sites for hydroxylation is 2. The van der Waals surface area contributed by atoms with Crippen LogP contribution in [-0.4, -0.2) is 29.4 Å². The minimum atomic E-state index is 0.194. The molecule has 4 nitrogen and oxygen atoms in total. The molecule has 1 saturated heterocycles. The van der Waals surface area contributed by atoms with Gasteiger partial charge in [-0.2, -0.15) is 0 Å². The van der Waals surface area contributed by atoms with E-state index < -0.39 is 0 Å². The predicted octanol–water partition coefficient (Wildman–Crippen LogP) is 4.15. The quantitative estimate of drug-likeness (QED) is 0.818. The van der Waals surface area contributed by atoms with Crippen molar-refractivity contribution in [2.75, 3.05) is 13.7 Å². The van der Waals surface area contributed by atoms with Gasteiger partial charge in [0.2, 0.25) is 5.91 Å². The van der Waals surface area contributed by atoms with Crippen LogP contribution in [0.2, 0.25) is 0 Å². The van der Waals surface area contributed by atoms with E-state index in [0.29, 0.717) is 6.42 Å². The third kappa shape index (κ3) is 3.78. The molecule has 128 valence electrons. The fourth-order valence-electron chi connectivity index (χ4n) is 3.33. The summed E-state index contributed by atoms with van der Waals surface area (Å²) in [7, 11) is 1.67. The molecule has 1 aromatic carbocycles. The fraction of sp³-hybridized carbons (Fsp3) is 0.474. The van der Waals surface area contributed by atoms with Crippen LogP contribution in [0.3, 0.4) is 0 Å². The number of benzene rings is 1. The normalized spacial score (nSPS) is 17.8. The van der Waals surface area contributed by atoms with E-state index in [-0.39, 0.29) is 11.9 Å². The molecule has 0 aliphatic carbocycles. The zero-order chi connectivity index (χ0) is 16.9. The molecule has 1 amide bonds. The Kier molecular flexibility index (Phi) is 5.51. The summed E-state index contributed by atoms with van der Waals surface area (Å²) in [5.74, 6) is 1.11. The van der Waals surface area contributed by atoms with Crippen LogP contribution in [0.15, 0.2) is 29.8 Å². The maximum absolute atomic E-state index is 12.8. The van der Waals surface area contributed by atoms with Gasteiger partial charge in [0.05, 0.1) is 24.4 Å². The van der Waals surface area contributed by atoms with Crippen LogP contribution in [0.5, 0.6) is 5.75 Å². The van der Waals surface area contributed by atoms with Crippen LogP contribution in [0.4, 0.5) is 0 Å². The number of methoxy groups -OCH3 is 1. The summed E-state index contributed by atoms with van der Waals surface area (Å²) < 4.78 is 5.24. The van der Waals surface area contributed by atoms with Crippen molar-refractivity contribution in [3.63, 3.8) is 0 Å². The number of ether oxygens (including phenoxy) is 1. The van der Waals surface area contributed by atoms with Crippen molar-refractivity contribution < 1.29 is 9.53 Å². The molecule has 0 saturated carbocycles. The van der Waals surface area contributed by atoms with Gasteiger partial charge in [0, 0.05) is 17.8 Å². The van der Waals surface area contributed by atoms with Crippen molar-refractivity contribution in [2.45, 2.75) is 45.1 Å². The Morgan fingerprint density at radius 3 is 2.79 bits per heavy atom. The molecule has 2 aromatic rings. The van der Waals surface area contributed by atoms with Crippen molar-refractivity contribution in [2.24, 2.45) is 0 Å². The second kappa shape index (κ2) is 7.79. The van der Waals surface area contributed by atoms with E-state index in [0.717, 1.165) is 37.3 Å². The van der Waals surface area contributed by atoms with E-state index in [4.69, 9.17) is 4.74 Å². The Labute approximate surface area is 147 Å². The fourth-order valence-corrected chi connectivity index (χ4v) is 4.11. The number of hydrogen-bond acceptors (Lipinski definition) is 4. The Morgan fingerprint density at radius 2 is 2.12 bits per heavy atom. The smallest absolute Gasteiger partial charge is 0.223 e. The Morgan fingerprint density at radius 1 is 1.33 bits per heavy atom. The van der Waals surface area contributed by atoms with Gasteiger partial charge >= 0.3 is 0 Å². The standard InChI is InChI=1S/C19H24N2O2S/c1-14-18(24-13-20-14)10-11-19(22)21-12-4-3-5-17(21)15-6-8-16(23-2)9-7-15/h6-9,13,17H,3-5,10-12H2,1-2H3/t17-/m0/s1. The lowest BCUT2D eigenvalue weighted by atomic mass is 9.94. The molecular weight excluding hydrogens is 320 g/mol. The third-order valence-corrected chi connectivity index (χ3v) is 5.73. The van der Waals surface area contributed by atoms with E-state index in [2.05, 4.69) is 22.0 Å². The predicted molar refractivity (Wildman–Crippen MR) is 96.5 cm³/mol. The number of hydrogen-bond donors (Lipinski definition) is 0. The lowest BCUT2D eigenvalue weighted by molar-refractivity contribution is -0.135. The monoisotopic (exact) mass is 344 g/mol. The van der Waals surface area contributed by atoms with E-state index in [1.807, 2.05) is 24.6 Å². The summed E-state index contributed by atoms with van der Waals surface area (Å²) in [6.07, 6.45) is 4.67. The molecule has 5 heteroatoms. The third-order valence-electron chi connectivity index (χ3n) is 4.73. The van der Waals surface area contributed by atoms with Crippen LogP contribution >= 0.6 is 11.3 Å². The highest BCUT2D eigenvalue weighted by Crippen LogP contribution is 2.32. The first-order chi connectivity index (χ1) is 11.7. The second-order valence-electron chi connectivity index (χ2n) is 6.23. The van der Waals surface area contributed by atoms with Gasteiger partial charge in [-0.1, -0.05) is 12.1 Å². The average molecular weight is 344 g/mol. The number of amides is 1. The topological polar surface area (TPSA) is 42.4 Å². The number of nitrogens with zero attached hydrogens (tertiary/aromatic N) is 2. The lowest BCUT2D eigenvalue weighted by Crippen LogP contribution is -2.38. The SMILES string of the molecule is COc1ccc([C@@H]2CCCCN2C(=O)CCc2scnc2C)cc1. The largest absolute Gasteiger partial charge is 0.497 e. The van der Waals surface area contributed by atoms with Crippen LogP contribution in [0.1, 0.15) is 47.9 Å². The summed E-state index contributed by atoms with van der Waals surface area (Å²) in [6, 6.07) is 8.32. The highest BCUT2D eigenvalue weighted by atomic mass is 32.1. The van der Waals surface area contributed by atoms with E-state index in [1.54, 1.807) is 18.4 Å². The van der Waals surface area contributed by atoms with Crippen molar-refractivity contribution in [3.05, 3.63) is 45.9 Å². The molecule has 0 radical (unpaired) electrons. The summed E-state index contributed by atoms with van der Waals surface area (Å²) in [5, 5.41) is 0. The molecule has 1 aromatic heterocycles. The molecule has 1 aliphatic rings. The number of carbonyl (C=O) groups is 1. The maximum atomic E-state index is 12.8. The number of thiazole rings is 1. The Bertz CT molecular complexity index is 681. The highest BCUT2D eigenvalue weighted by Gasteiger charge is 2.27. The minimum absolute atomic E-state index is 0.194. The molecular formula is C19H24N2O2S. The number of likely N-dealkylation sites (tertiary alicyclic amines) is 1. The molecule has 0 spiro atoms. The second-order valence-corrected chi connectivity index (χ2v) is 7.17. The number of rotatable bonds is 5. The average Bonchev–Trinajstić information content (AvgIpc) is 3.05. The van der Waals surface area contributed by atoms with Crippen molar-refractivity contribution in [1.29, 1.82) is 0 Å². The van der Waals surface area contributed by atoms with Gasteiger partial charge in [0.1, 0.15) is 5.75 Å². The van der Waals surface area contributed by atoms with Crippen LogP contribution in [0.25, 0.3) is 0 Å². The first-order valence-electron chi connectivity index (χ1n) is 8.51. The number of aromatic nitrogens is 1.